The minimum atomic E-state index is -3.95. The quantitative estimate of drug-likeness (QED) is 0.0488. The summed E-state index contributed by atoms with van der Waals surface area (Å²) in [6.07, 6.45) is -9.43. The molecule has 33 heteroatoms. The minimum Gasteiger partial charge on any atom is -0.494 e. The van der Waals surface area contributed by atoms with E-state index in [1.165, 1.54) is 69.8 Å². The van der Waals surface area contributed by atoms with Gasteiger partial charge in [-0.05, 0) is 108 Å². The van der Waals surface area contributed by atoms with Crippen LogP contribution in [0.25, 0.3) is 81.8 Å². The molecule has 0 saturated carbocycles. The first-order chi connectivity index (χ1) is 66.7. The van der Waals surface area contributed by atoms with Crippen LogP contribution in [-0.2, 0) is 14.4 Å². The first-order valence-electron chi connectivity index (χ1n) is 48.5. The lowest BCUT2D eigenvalue weighted by molar-refractivity contribution is -0.127. The van der Waals surface area contributed by atoms with Crippen molar-refractivity contribution in [3.05, 3.63) is 230 Å². The minimum absolute atomic E-state index is 0.0233. The zero-order valence-corrected chi connectivity index (χ0v) is 57.2. The zero-order chi connectivity index (χ0) is 107. The molecule has 110 heavy (non-hydrogen) atoms. The van der Waals surface area contributed by atoms with Crippen LogP contribution in [0.2, 0.25) is 0 Å². The van der Waals surface area contributed by atoms with Crippen LogP contribution in [0.4, 0.5) is 0 Å². The van der Waals surface area contributed by atoms with Crippen molar-refractivity contribution in [1.29, 1.82) is 0 Å². The van der Waals surface area contributed by atoms with Gasteiger partial charge >= 0.3 is 0 Å². The average molecular weight is 1510 g/mol. The van der Waals surface area contributed by atoms with Crippen molar-refractivity contribution in [2.24, 2.45) is 0 Å². The van der Waals surface area contributed by atoms with E-state index in [1.807, 2.05) is 0 Å². The van der Waals surface area contributed by atoms with Gasteiger partial charge in [0.1, 0.15) is 57.7 Å². The Balaban J connectivity index is 0.000000182. The van der Waals surface area contributed by atoms with Gasteiger partial charge in [0, 0.05) is 110 Å². The second-order valence-electron chi connectivity index (χ2n) is 22.5. The summed E-state index contributed by atoms with van der Waals surface area (Å²) < 4.78 is 298. The van der Waals surface area contributed by atoms with Crippen LogP contribution >= 0.6 is 0 Å². The molecule has 15 rings (SSSR count). The van der Waals surface area contributed by atoms with Crippen molar-refractivity contribution in [3.63, 3.8) is 0 Å². The number of Topliss-reactive ketones (excluding diaryl/α,β-unsaturated/α-hetero) is 3. The molecule has 0 bridgehead atoms. The first kappa shape index (κ1) is 42.6. The number of carbonyl (C=O) groups is 6. The second kappa shape index (κ2) is 32.0. The number of amides is 3. The topological polar surface area (TPSA) is 370 Å². The number of ether oxygens (including phenoxy) is 3. The van der Waals surface area contributed by atoms with Crippen molar-refractivity contribution in [2.75, 3.05) is 60.4 Å². The summed E-state index contributed by atoms with van der Waals surface area (Å²) >= 11 is 0. The van der Waals surface area contributed by atoms with Crippen molar-refractivity contribution in [1.82, 2.24) is 104 Å². The molecule has 0 aromatic carbocycles. The van der Waals surface area contributed by atoms with Crippen LogP contribution < -0.4 is 14.2 Å². The number of pyridine rings is 6. The largest absolute Gasteiger partial charge is 0.494 e. The molecule has 33 nitrogen and oxygen atoms in total. The molecule has 3 fully saturated rings. The van der Waals surface area contributed by atoms with E-state index in [9.17, 15) is 28.8 Å². The SMILES string of the molecule is [2H]c1nc(C([2H])([2H])[2H])nn1-c1ncc(OC)c2c(C(=O)C(=O)N3C([2H])([2H])C([2H])([2H])C(=C([N+]#[C-])c4ccccn4)C([2H])([2H])C3([2H])[2H])c[nH]c12.[2H]c1nc(C([N+]#[C-])=C2C([2H])([2H])C([2H])([2H])N(C(=O)C(=O)c3c[nH]c4c(-n5nc(C([2H])([2H])[2H])nc5[2H])ncc(OC)c34)C([2H])([2H])C2([2H])[2H])c([2H])c([2H])c1C.[2H]c1nc(C([N+]#[C-])=C2CCN(C(=O)C(=O)c3c[nH]c4c(-n5nc(C([2H])([2H])[2H])nc5[2H])ncc(OC)c34)CC2)c([2H])c([2H])c1C. The highest BCUT2D eigenvalue weighted by atomic mass is 16.5. The second-order valence-corrected chi connectivity index (χ2v) is 22.5. The Hall–Kier alpha value is -14.6. The molecule has 3 N–H and O–H groups in total. The fourth-order valence-electron chi connectivity index (χ4n) is 10.9. The van der Waals surface area contributed by atoms with Crippen LogP contribution in [0.5, 0.6) is 17.2 Å². The molecular weight excluding hydrogens is 1410 g/mol. The summed E-state index contributed by atoms with van der Waals surface area (Å²) in [5, 5.41) is 11.2. The third-order valence-corrected chi connectivity index (χ3v) is 16.0. The molecular formula is C77H70N24O9. The van der Waals surface area contributed by atoms with Crippen LogP contribution in [0.3, 0.4) is 0 Å². The number of methoxy groups -OCH3 is 3. The van der Waals surface area contributed by atoms with E-state index in [0.29, 0.717) is 10.3 Å². The van der Waals surface area contributed by atoms with Gasteiger partial charge in [-0.1, -0.05) is 34.9 Å². The van der Waals surface area contributed by atoms with E-state index >= 15 is 0 Å². The third-order valence-electron chi connectivity index (χ3n) is 16.0. The lowest BCUT2D eigenvalue weighted by atomic mass is 9.99. The maximum absolute atomic E-state index is 14.0. The van der Waals surface area contributed by atoms with Crippen LogP contribution in [0.15, 0.2) is 134 Å². The van der Waals surface area contributed by atoms with Gasteiger partial charge in [0.05, 0.1) is 134 Å². The zero-order valence-electron chi connectivity index (χ0n) is 91.2. The summed E-state index contributed by atoms with van der Waals surface area (Å²) in [5.41, 5.74) is -6.64. The van der Waals surface area contributed by atoms with E-state index in [1.54, 1.807) is 0 Å². The number of nitrogens with zero attached hydrogens (tertiary/aromatic N) is 21. The molecule has 552 valence electrons. The number of piperidine rings is 3. The monoisotopic (exact) mass is 1510 g/mol. The molecule has 0 spiro atoms. The molecule has 0 unspecified atom stereocenters. The average Bonchev–Trinajstić information content (AvgIpc) is 0.755. The van der Waals surface area contributed by atoms with Gasteiger partial charge in [-0.15, -0.1) is 0 Å². The fourth-order valence-corrected chi connectivity index (χ4v) is 10.9. The fraction of sp³-hybridized carbons (Fsp3) is 0.260. The lowest BCUT2D eigenvalue weighted by Gasteiger charge is -2.28. The standard InChI is InChI=1S/2C26H24N8O3.C25H22N8O3/c2*1-15-5-6-19(28-11-15)22(27-3)17-7-9-33(10-8-17)26(36)24(35)18-12-29-23-21(18)20(37-4)13-30-25(23)34-14-31-16(2)32-34;1-15-30-14-33(31-15)24-22-20(19(36-3)13-29-24)17(12-28-22)23(34)25(35)32-10-7-16(8-11-32)21(26-2)18-6-4-5-9-27-18/h2*5-6,11-14,29H,7-10H2,1-2,4H3;4-6,9,12-14,28H,7-8,10-11H2,1,3H3/i2D3,5D,6D,7D2,8D2,9D2,10D2,11D,14D;2D3,5D,6D,11D,14D;1D3,7D2,8D2,10D2,11D2,14D. The summed E-state index contributed by atoms with van der Waals surface area (Å²) in [6.45, 7) is 2.28. The molecule has 3 saturated heterocycles. The van der Waals surface area contributed by atoms with Crippen molar-refractivity contribution >= 4 is 84.9 Å². The van der Waals surface area contributed by atoms with E-state index in [4.69, 9.17) is 80.5 Å². The number of carbonyl (C=O) groups excluding carboxylic acids is 6. The summed E-state index contributed by atoms with van der Waals surface area (Å²) in [4.78, 5) is 136. The van der Waals surface area contributed by atoms with Gasteiger partial charge in [-0.25, -0.2) is 58.5 Å². The Morgan fingerprint density at radius 1 is 0.473 bits per heavy atom. The molecule has 12 aromatic rings. The van der Waals surface area contributed by atoms with Gasteiger partial charge in [0.15, 0.2) is 17.5 Å². The molecule has 15 heterocycles. The smallest absolute Gasteiger partial charge is 0.295 e. The van der Waals surface area contributed by atoms with E-state index in [0.717, 1.165) is 41.3 Å². The predicted molar refractivity (Wildman–Crippen MR) is 400 cm³/mol. The van der Waals surface area contributed by atoms with E-state index in [2.05, 4.69) is 89.6 Å². The van der Waals surface area contributed by atoms with Crippen molar-refractivity contribution < 1.29 is 89.6 Å². The summed E-state index contributed by atoms with van der Waals surface area (Å²) in [7, 11) is 3.67. The number of aromatic nitrogens is 18. The Bertz CT molecular complexity index is 7570. The van der Waals surface area contributed by atoms with Crippen LogP contribution in [-0.4, -0.2) is 199 Å². The molecule has 0 radical (unpaired) electrons. The third kappa shape index (κ3) is 14.8. The van der Waals surface area contributed by atoms with Gasteiger partial charge in [0.25, 0.3) is 35.1 Å². The highest BCUT2D eigenvalue weighted by Crippen LogP contribution is 2.37. The van der Waals surface area contributed by atoms with Crippen molar-refractivity contribution in [3.8, 4) is 34.7 Å². The van der Waals surface area contributed by atoms with E-state index in [-0.39, 0.29) is 145 Å². The van der Waals surface area contributed by atoms with Gasteiger partial charge < -0.3 is 43.9 Å². The number of nitrogens with one attached hydrogen (secondary N) is 3. The molecule has 3 aliphatic heterocycles. The number of aryl methyl sites for hydroxylation is 3. The Morgan fingerprint density at radius 3 is 1.17 bits per heavy atom. The van der Waals surface area contributed by atoms with Crippen LogP contribution in [0, 0.1) is 54.1 Å². The molecule has 0 atom stereocenters. The maximum atomic E-state index is 14.0. The van der Waals surface area contributed by atoms with E-state index < -0.39 is 211 Å². The highest BCUT2D eigenvalue weighted by Gasteiger charge is 2.35. The lowest BCUT2D eigenvalue weighted by Crippen LogP contribution is -2.40. The highest BCUT2D eigenvalue weighted by molar-refractivity contribution is 6.46. The van der Waals surface area contributed by atoms with Gasteiger partial charge in [-0.2, -0.15) is 15.3 Å². The normalized spacial score (nSPS) is 22.0. The van der Waals surface area contributed by atoms with Gasteiger partial charge in [0.2, 0.25) is 17.1 Å². The molecule has 3 aliphatic rings. The predicted octanol–water partition coefficient (Wildman–Crippen LogP) is 9.59. The summed E-state index contributed by atoms with van der Waals surface area (Å²) in [6, 6.07) is 2.17. The summed E-state index contributed by atoms with van der Waals surface area (Å²) in [5.74, 6) is -11.9. The number of likely N-dealkylation sites (tertiary alicyclic amines) is 3. The molecule has 0 aliphatic carbocycles. The van der Waals surface area contributed by atoms with Crippen LogP contribution in [0.1, 0.15) is 162 Å². The molecule has 3 amide bonds. The van der Waals surface area contributed by atoms with Crippen molar-refractivity contribution in [2.45, 2.75) is 72.7 Å². The Kier molecular flexibility index (Phi) is 12.4. The number of aromatic amines is 3. The number of hydrogen-bond acceptors (Lipinski definition) is 21. The maximum Gasteiger partial charge on any atom is 0.295 e. The number of rotatable bonds is 15. The first-order valence-corrected chi connectivity index (χ1v) is 31.5. The number of H-pyrrole nitrogens is 3. The Morgan fingerprint density at radius 2 is 0.836 bits per heavy atom. The Labute approximate surface area is 675 Å². The number of ketones is 3. The number of fused-ring (bicyclic) bond motifs is 3. The number of hydrogen-bond donors (Lipinski definition) is 3. The molecule has 12 aromatic heterocycles. The van der Waals surface area contributed by atoms with Gasteiger partial charge in [-0.3, -0.25) is 43.7 Å².